The number of hydrogen-bond acceptors (Lipinski definition) is 4. The fourth-order valence-corrected chi connectivity index (χ4v) is 3.71. The number of nitrogens with zero attached hydrogens (tertiary/aromatic N) is 1. The molecule has 3 N–H and O–H groups in total. The molecule has 0 saturated heterocycles. The second kappa shape index (κ2) is 5.50. The Balaban J connectivity index is 2.19. The predicted octanol–water partition coefficient (Wildman–Crippen LogP) is 3.81. The van der Waals surface area contributed by atoms with Gasteiger partial charge in [0.15, 0.2) is 0 Å². The zero-order valence-corrected chi connectivity index (χ0v) is 12.5. The van der Waals surface area contributed by atoms with Crippen molar-refractivity contribution in [2.45, 2.75) is 13.0 Å². The molecule has 0 spiro atoms. The first-order chi connectivity index (χ1) is 9.72. The topological polar surface area (TPSA) is 50.9 Å². The maximum atomic E-state index is 6.38. The number of pyridine rings is 1. The standard InChI is InChI=1S/C15H14ClN3S/c1-9-8-20-15(13(9)16)14(19-17)11-4-2-6-12-10(11)5-3-7-18-12/h2-8,14,19H,17H2,1H3. The van der Waals surface area contributed by atoms with E-state index in [0.29, 0.717) is 0 Å². The van der Waals surface area contributed by atoms with Crippen LogP contribution in [0.2, 0.25) is 5.02 Å². The molecule has 102 valence electrons. The van der Waals surface area contributed by atoms with Gasteiger partial charge in [-0.1, -0.05) is 29.8 Å². The monoisotopic (exact) mass is 303 g/mol. The van der Waals surface area contributed by atoms with Crippen LogP contribution >= 0.6 is 22.9 Å². The highest BCUT2D eigenvalue weighted by molar-refractivity contribution is 7.10. The van der Waals surface area contributed by atoms with Gasteiger partial charge in [0.2, 0.25) is 0 Å². The first kappa shape index (κ1) is 13.5. The van der Waals surface area contributed by atoms with Crippen LogP contribution < -0.4 is 11.3 Å². The molecular weight excluding hydrogens is 290 g/mol. The zero-order valence-electron chi connectivity index (χ0n) is 10.9. The minimum absolute atomic E-state index is 0.130. The maximum Gasteiger partial charge on any atom is 0.0824 e. The molecular formula is C15H14ClN3S. The number of thiophene rings is 1. The number of nitrogens with two attached hydrogens (primary N) is 1. The average Bonchev–Trinajstić information content (AvgIpc) is 2.81. The first-order valence-electron chi connectivity index (χ1n) is 6.25. The summed E-state index contributed by atoms with van der Waals surface area (Å²) in [6, 6.07) is 9.89. The molecule has 0 aliphatic rings. The first-order valence-corrected chi connectivity index (χ1v) is 7.51. The molecule has 2 heterocycles. The van der Waals surface area contributed by atoms with Crippen molar-refractivity contribution in [3.05, 3.63) is 62.9 Å². The third-order valence-electron chi connectivity index (χ3n) is 3.34. The Kier molecular flexibility index (Phi) is 3.72. The quantitative estimate of drug-likeness (QED) is 0.571. The van der Waals surface area contributed by atoms with E-state index in [0.717, 1.165) is 31.9 Å². The number of rotatable bonds is 3. The fourth-order valence-electron chi connectivity index (χ4n) is 2.33. The number of nitrogens with one attached hydrogen (secondary N) is 1. The molecule has 20 heavy (non-hydrogen) atoms. The van der Waals surface area contributed by atoms with Gasteiger partial charge in [0.25, 0.3) is 0 Å². The Morgan fingerprint density at radius 2 is 2.15 bits per heavy atom. The Hall–Kier alpha value is -1.46. The average molecular weight is 304 g/mol. The third-order valence-corrected chi connectivity index (χ3v) is 5.12. The molecule has 0 fully saturated rings. The second-order valence-electron chi connectivity index (χ2n) is 4.61. The van der Waals surface area contributed by atoms with Crippen molar-refractivity contribution in [2.24, 2.45) is 5.84 Å². The van der Waals surface area contributed by atoms with Crippen LogP contribution in [0.15, 0.2) is 41.9 Å². The van der Waals surface area contributed by atoms with Crippen LogP contribution in [-0.2, 0) is 0 Å². The highest BCUT2D eigenvalue weighted by Crippen LogP contribution is 2.37. The minimum atomic E-state index is -0.130. The molecule has 2 aromatic heterocycles. The molecule has 1 aromatic carbocycles. The number of benzene rings is 1. The lowest BCUT2D eigenvalue weighted by Crippen LogP contribution is -2.28. The molecule has 0 aliphatic heterocycles. The molecule has 0 bridgehead atoms. The number of aryl methyl sites for hydroxylation is 1. The summed E-state index contributed by atoms with van der Waals surface area (Å²) in [7, 11) is 0. The van der Waals surface area contributed by atoms with Gasteiger partial charge in [0, 0.05) is 16.5 Å². The van der Waals surface area contributed by atoms with Gasteiger partial charge in [-0.3, -0.25) is 10.8 Å². The van der Waals surface area contributed by atoms with Crippen molar-refractivity contribution in [2.75, 3.05) is 0 Å². The summed E-state index contributed by atoms with van der Waals surface area (Å²) in [4.78, 5) is 5.41. The summed E-state index contributed by atoms with van der Waals surface area (Å²) in [6.45, 7) is 2.00. The lowest BCUT2D eigenvalue weighted by molar-refractivity contribution is 0.650. The maximum absolute atomic E-state index is 6.38. The fraction of sp³-hybridized carbons (Fsp3) is 0.133. The number of halogens is 1. The molecule has 3 rings (SSSR count). The summed E-state index contributed by atoms with van der Waals surface area (Å²) < 4.78 is 0. The number of hydrazine groups is 1. The minimum Gasteiger partial charge on any atom is -0.271 e. The summed E-state index contributed by atoms with van der Waals surface area (Å²) in [5, 5.41) is 3.91. The summed E-state index contributed by atoms with van der Waals surface area (Å²) >= 11 is 8.00. The second-order valence-corrected chi connectivity index (χ2v) is 5.90. The summed E-state index contributed by atoms with van der Waals surface area (Å²) in [5.41, 5.74) is 5.99. The molecule has 5 heteroatoms. The van der Waals surface area contributed by atoms with Gasteiger partial charge in [-0.05, 0) is 35.6 Å². The molecule has 0 radical (unpaired) electrons. The Labute approximate surface area is 126 Å². The van der Waals surface area contributed by atoms with Crippen LogP contribution in [0.5, 0.6) is 0 Å². The van der Waals surface area contributed by atoms with Crippen molar-refractivity contribution in [3.63, 3.8) is 0 Å². The molecule has 0 amide bonds. The zero-order chi connectivity index (χ0) is 14.1. The molecule has 3 aromatic rings. The van der Waals surface area contributed by atoms with E-state index < -0.39 is 0 Å². The molecule has 0 aliphatic carbocycles. The summed E-state index contributed by atoms with van der Waals surface area (Å²) in [5.74, 6) is 5.78. The van der Waals surface area contributed by atoms with E-state index in [1.165, 1.54) is 0 Å². The van der Waals surface area contributed by atoms with E-state index in [-0.39, 0.29) is 6.04 Å². The van der Waals surface area contributed by atoms with Crippen molar-refractivity contribution >= 4 is 33.8 Å². The SMILES string of the molecule is Cc1csc(C(NN)c2cccc3ncccc23)c1Cl. The van der Waals surface area contributed by atoms with E-state index in [2.05, 4.69) is 22.5 Å². The van der Waals surface area contributed by atoms with Crippen LogP contribution in [0.25, 0.3) is 10.9 Å². The molecule has 3 nitrogen and oxygen atoms in total. The lowest BCUT2D eigenvalue weighted by Gasteiger charge is -2.17. The predicted molar refractivity (Wildman–Crippen MR) is 85.0 cm³/mol. The van der Waals surface area contributed by atoms with Gasteiger partial charge in [-0.15, -0.1) is 11.3 Å². The largest absolute Gasteiger partial charge is 0.271 e. The van der Waals surface area contributed by atoms with Gasteiger partial charge in [-0.2, -0.15) is 0 Å². The van der Waals surface area contributed by atoms with E-state index in [1.54, 1.807) is 17.5 Å². The van der Waals surface area contributed by atoms with Crippen molar-refractivity contribution in [1.29, 1.82) is 0 Å². The van der Waals surface area contributed by atoms with Crippen LogP contribution in [0.1, 0.15) is 22.0 Å². The molecule has 1 atom stereocenters. The number of fused-ring (bicyclic) bond motifs is 1. The smallest absolute Gasteiger partial charge is 0.0824 e. The van der Waals surface area contributed by atoms with Gasteiger partial charge in [0.05, 0.1) is 16.6 Å². The van der Waals surface area contributed by atoms with E-state index in [1.807, 2.05) is 30.5 Å². The summed E-state index contributed by atoms with van der Waals surface area (Å²) in [6.07, 6.45) is 1.79. The van der Waals surface area contributed by atoms with E-state index >= 15 is 0 Å². The van der Waals surface area contributed by atoms with Crippen LogP contribution in [0, 0.1) is 6.92 Å². The van der Waals surface area contributed by atoms with Gasteiger partial charge < -0.3 is 0 Å². The van der Waals surface area contributed by atoms with E-state index in [4.69, 9.17) is 17.4 Å². The highest BCUT2D eigenvalue weighted by Gasteiger charge is 2.20. The van der Waals surface area contributed by atoms with Crippen LogP contribution in [-0.4, -0.2) is 4.98 Å². The van der Waals surface area contributed by atoms with Crippen LogP contribution in [0.4, 0.5) is 0 Å². The molecule has 1 unspecified atom stereocenters. The van der Waals surface area contributed by atoms with E-state index in [9.17, 15) is 0 Å². The van der Waals surface area contributed by atoms with Crippen molar-refractivity contribution < 1.29 is 0 Å². The molecule has 0 saturated carbocycles. The lowest BCUT2D eigenvalue weighted by atomic mass is 10.00. The van der Waals surface area contributed by atoms with Gasteiger partial charge in [-0.25, -0.2) is 5.43 Å². The van der Waals surface area contributed by atoms with Crippen molar-refractivity contribution in [3.8, 4) is 0 Å². The van der Waals surface area contributed by atoms with Crippen molar-refractivity contribution in [1.82, 2.24) is 10.4 Å². The van der Waals surface area contributed by atoms with Crippen LogP contribution in [0.3, 0.4) is 0 Å². The number of aromatic nitrogens is 1. The van der Waals surface area contributed by atoms with Gasteiger partial charge >= 0.3 is 0 Å². The Morgan fingerprint density at radius 1 is 1.30 bits per heavy atom. The Bertz CT molecular complexity index is 748. The number of hydrogen-bond donors (Lipinski definition) is 2. The normalized spacial score (nSPS) is 12.8. The Morgan fingerprint density at radius 3 is 2.85 bits per heavy atom. The third kappa shape index (κ3) is 2.21. The van der Waals surface area contributed by atoms with Gasteiger partial charge in [0.1, 0.15) is 0 Å². The highest BCUT2D eigenvalue weighted by atomic mass is 35.5.